The van der Waals surface area contributed by atoms with Crippen molar-refractivity contribution in [3.05, 3.63) is 297 Å². The second kappa shape index (κ2) is 38.6. The third-order valence-electron chi connectivity index (χ3n) is 16.6. The quantitative estimate of drug-likeness (QED) is 0.0193. The minimum Gasteiger partial charge on any atom is -1.00 e. The molecule has 0 saturated carbocycles. The number of fused-ring (bicyclic) bond motifs is 6. The fraction of sp³-hybridized carbons (Fsp3) is 0.0789. The van der Waals surface area contributed by atoms with Gasteiger partial charge in [-0.05, 0) is 162 Å². The summed E-state index contributed by atoms with van der Waals surface area (Å²) in [6, 6.07) is 44.5. The normalized spacial score (nSPS) is 10.7. The van der Waals surface area contributed by atoms with E-state index in [0.717, 1.165) is 71.9 Å². The van der Waals surface area contributed by atoms with Gasteiger partial charge in [0.2, 0.25) is 0 Å². The van der Waals surface area contributed by atoms with Gasteiger partial charge in [0.05, 0.1) is 102 Å². The molecule has 540 valence electrons. The fourth-order valence-corrected chi connectivity index (χ4v) is 12.7. The van der Waals surface area contributed by atoms with Crippen LogP contribution in [-0.4, -0.2) is 96.5 Å². The smallest absolute Gasteiger partial charge is 1.00 e. The van der Waals surface area contributed by atoms with E-state index in [0.29, 0.717) is 127 Å². The molecule has 15 aromatic rings. The molecular weight excluding hydrogens is 1580 g/mol. The van der Waals surface area contributed by atoms with Crippen LogP contribution in [0.15, 0.2) is 183 Å². The number of hydrogen-bond acceptors (Lipinski definition) is 18. The Labute approximate surface area is 740 Å². The number of nitriles is 1. The molecule has 0 aliphatic carbocycles. The van der Waals surface area contributed by atoms with Gasteiger partial charge in [0.25, 0.3) is 36.0 Å². The van der Waals surface area contributed by atoms with Gasteiger partial charge in [-0.2, -0.15) is 20.6 Å². The number of aromatic amines is 3. The number of benzene rings is 6. The first kappa shape index (κ1) is 83.2. The molecule has 0 aliphatic rings. The predicted octanol–water partition coefficient (Wildman–Crippen LogP) is 6.63. The second-order valence-electron chi connectivity index (χ2n) is 23.9. The van der Waals surface area contributed by atoms with Crippen molar-refractivity contribution in [1.29, 1.82) is 5.26 Å². The van der Waals surface area contributed by atoms with Crippen LogP contribution < -0.4 is 135 Å². The number of rotatable bonds is 18. The summed E-state index contributed by atoms with van der Waals surface area (Å²) in [6.45, 7) is 0.610. The Morgan fingerprint density at radius 3 is 1.08 bits per heavy atom. The molecule has 0 saturated heterocycles. The maximum absolute atomic E-state index is 12.8. The van der Waals surface area contributed by atoms with Crippen molar-refractivity contribution in [1.82, 2.24) is 76.4 Å². The summed E-state index contributed by atoms with van der Waals surface area (Å²) < 4.78 is 0. The van der Waals surface area contributed by atoms with Crippen LogP contribution in [0.3, 0.4) is 0 Å². The Kier molecular flexibility index (Phi) is 29.2. The molecule has 0 fully saturated rings. The number of primary amides is 2. The SMILES string of the molecule is N#Cc1cc(Cc2cc(C(=O)NCc3[nH]nc4ccc(Cl)cc34)ccn2)cc2cc(Cl)cnc12.NC(=O)c1cc(Cc2cc(C(=O)NCc3[nH]nc4ccc(Cl)cc34)ccn2)cc2cc(Cl)cnc12.NC(=O)c1cc(Cc2cc(C(=O)NCc3[nH]nc4ccc(Cl)cc34)ccn2)cc2cc(Cl)cnc12.O=CO[O-].[H-].[K+].[K+]. The van der Waals surface area contributed by atoms with E-state index in [2.05, 4.69) is 87.4 Å². The average Bonchev–Trinajstić information content (AvgIpc) is 1.81. The number of aromatic nitrogens is 12. The largest absolute Gasteiger partial charge is 1.00 e. The van der Waals surface area contributed by atoms with Crippen LogP contribution in [0.1, 0.15) is 110 Å². The van der Waals surface area contributed by atoms with Crippen molar-refractivity contribution >= 4 is 171 Å². The van der Waals surface area contributed by atoms with Crippen molar-refractivity contribution in [3.63, 3.8) is 0 Å². The molecule has 6 aromatic carbocycles. The van der Waals surface area contributed by atoms with Crippen LogP contribution in [0, 0.1) is 11.3 Å². The Hall–Kier alpha value is -9.31. The maximum Gasteiger partial charge on any atom is 1.00 e. The number of pyridine rings is 6. The first-order valence-corrected chi connectivity index (χ1v) is 34.5. The Morgan fingerprint density at radius 1 is 0.445 bits per heavy atom. The number of amides is 5. The van der Waals surface area contributed by atoms with E-state index in [4.69, 9.17) is 91.1 Å². The minimum absolute atomic E-state index is 0. The monoisotopic (exact) mass is 1630 g/mol. The van der Waals surface area contributed by atoms with Crippen LogP contribution in [0.2, 0.25) is 30.1 Å². The van der Waals surface area contributed by atoms with E-state index in [9.17, 15) is 29.2 Å². The van der Waals surface area contributed by atoms with E-state index in [1.165, 1.54) is 18.6 Å². The maximum atomic E-state index is 12.8. The topological polar surface area (TPSA) is 410 Å². The molecule has 5 amide bonds. The summed E-state index contributed by atoms with van der Waals surface area (Å²) in [7, 11) is 0. The number of H-pyrrole nitrogens is 3. The third-order valence-corrected chi connectivity index (χ3v) is 17.9. The van der Waals surface area contributed by atoms with Crippen LogP contribution in [-0.2, 0) is 48.6 Å². The molecule has 0 atom stereocenters. The van der Waals surface area contributed by atoms with Crippen molar-refractivity contribution < 1.29 is 143 Å². The van der Waals surface area contributed by atoms with Gasteiger partial charge in [-0.1, -0.05) is 69.6 Å². The summed E-state index contributed by atoms with van der Waals surface area (Å²) in [4.78, 5) is 99.5. The molecule has 34 heteroatoms. The van der Waals surface area contributed by atoms with E-state index in [1.54, 1.807) is 122 Å². The number of carbonyl (C=O) groups is 6. The van der Waals surface area contributed by atoms with Gasteiger partial charge < -0.3 is 39.0 Å². The summed E-state index contributed by atoms with van der Waals surface area (Å²) in [5.74, 6) is -1.92. The first-order valence-electron chi connectivity index (χ1n) is 32.2. The van der Waals surface area contributed by atoms with Crippen molar-refractivity contribution in [2.45, 2.75) is 38.9 Å². The predicted molar refractivity (Wildman–Crippen MR) is 408 cm³/mol. The van der Waals surface area contributed by atoms with Crippen molar-refractivity contribution in [3.8, 4) is 6.07 Å². The number of carbonyl (C=O) groups excluding carboxylic acids is 6. The summed E-state index contributed by atoms with van der Waals surface area (Å²) in [6.07, 6.45) is 10.4. The molecule has 10 N–H and O–H groups in total. The van der Waals surface area contributed by atoms with Gasteiger partial charge in [-0.25, -0.2) is 0 Å². The zero-order valence-electron chi connectivity index (χ0n) is 58.8. The second-order valence-corrected chi connectivity index (χ2v) is 26.5. The van der Waals surface area contributed by atoms with Gasteiger partial charge in [0.15, 0.2) is 0 Å². The van der Waals surface area contributed by atoms with Crippen LogP contribution in [0.5, 0.6) is 0 Å². The first-order chi connectivity index (χ1) is 52.1. The zero-order valence-corrected chi connectivity index (χ0v) is 68.6. The number of nitrogens with zero attached hydrogens (tertiary/aromatic N) is 10. The molecule has 0 spiro atoms. The number of halogens is 6. The number of nitrogens with two attached hydrogens (primary N) is 2. The number of hydrogen-bond donors (Lipinski definition) is 8. The molecule has 110 heavy (non-hydrogen) atoms. The van der Waals surface area contributed by atoms with Crippen LogP contribution in [0.4, 0.5) is 0 Å². The van der Waals surface area contributed by atoms with Gasteiger partial charge in [-0.15, -0.1) is 0 Å². The number of nitrogens with one attached hydrogen (secondary N) is 6. The zero-order chi connectivity index (χ0) is 76.1. The third kappa shape index (κ3) is 21.0. The van der Waals surface area contributed by atoms with Gasteiger partial charge in [-0.3, -0.25) is 74.0 Å². The summed E-state index contributed by atoms with van der Waals surface area (Å²) in [5, 5.41) is 56.1. The molecule has 0 bridgehead atoms. The summed E-state index contributed by atoms with van der Waals surface area (Å²) >= 11 is 36.5. The standard InChI is InChI=1S/2C25H18Cl2N6O2.C25H16Cl2N6O.CH2O3.2K.H/c2*26-16-1-2-21-19(10-16)22(33-32-21)12-31-25(35)14-3-4-29-18(9-14)6-13-5-15-8-17(27)11-30-23(15)20(7-13)24(28)34;26-18-1-2-22-21(10-18)23(33-32-22)13-31-25(34)15-3-4-29-20(9-15)7-14-5-16-8-19(27)12-30-24(16)17(6-14)11-28;2-1-4-3;;;/h2*1-5,7-11H,6,12H2,(H2,28,34)(H,31,35)(H,32,33);1-6,8-10,12H,7,13H2,(H,31,34)(H,32,33);1,3H;;;/q;;;;2*+1;-1/p-1. The Bertz CT molecular complexity index is 5850. The summed E-state index contributed by atoms with van der Waals surface area (Å²) in [5.41, 5.74) is 24.2. The van der Waals surface area contributed by atoms with Gasteiger partial charge >= 0.3 is 103 Å². The fourth-order valence-electron chi connectivity index (χ4n) is 11.7. The van der Waals surface area contributed by atoms with Crippen LogP contribution in [0.25, 0.3) is 65.4 Å². The van der Waals surface area contributed by atoms with Gasteiger partial charge in [0.1, 0.15) is 6.07 Å². The van der Waals surface area contributed by atoms with E-state index in [-0.39, 0.29) is 148 Å². The van der Waals surface area contributed by atoms with E-state index < -0.39 is 11.8 Å². The van der Waals surface area contributed by atoms with Gasteiger partial charge in [0, 0.05) is 138 Å². The van der Waals surface area contributed by atoms with E-state index in [1.807, 2.05) is 42.5 Å². The molecule has 26 nitrogen and oxygen atoms in total. The molecule has 0 aliphatic heterocycles. The molecule has 15 rings (SSSR count). The Balaban J connectivity index is 0.000000184. The minimum atomic E-state index is -0.583. The van der Waals surface area contributed by atoms with Crippen molar-refractivity contribution in [2.75, 3.05) is 0 Å². The van der Waals surface area contributed by atoms with Crippen LogP contribution >= 0.6 is 69.6 Å². The molecule has 9 heterocycles. The van der Waals surface area contributed by atoms with E-state index >= 15 is 0 Å². The molecule has 0 radical (unpaired) electrons. The molecular formula is C76H54Cl6K2N18O8. The molecule has 0 unspecified atom stereocenters. The molecule has 9 aromatic heterocycles. The van der Waals surface area contributed by atoms with Crippen molar-refractivity contribution in [2.24, 2.45) is 11.5 Å². The average molecular weight is 1640 g/mol. The Morgan fingerprint density at radius 2 is 0.764 bits per heavy atom.